The van der Waals surface area contributed by atoms with E-state index in [0.29, 0.717) is 11.7 Å². The first-order chi connectivity index (χ1) is 13.0. The van der Waals surface area contributed by atoms with Gasteiger partial charge >= 0.3 is 0 Å². The molecule has 3 rings (SSSR count). The molecule has 1 aromatic carbocycles. The summed E-state index contributed by atoms with van der Waals surface area (Å²) in [5.74, 6) is -0.305. The molecule has 6 heteroatoms. The van der Waals surface area contributed by atoms with E-state index < -0.39 is 17.7 Å². The van der Waals surface area contributed by atoms with Crippen molar-refractivity contribution in [1.82, 2.24) is 5.16 Å². The molecule has 0 saturated carbocycles. The van der Waals surface area contributed by atoms with Crippen LogP contribution in [0.4, 0.5) is 5.82 Å². The van der Waals surface area contributed by atoms with E-state index in [0.717, 1.165) is 11.1 Å². The first-order valence-corrected chi connectivity index (χ1v) is 9.37. The van der Waals surface area contributed by atoms with Crippen molar-refractivity contribution in [2.24, 2.45) is 0 Å². The van der Waals surface area contributed by atoms with Crippen molar-refractivity contribution in [3.8, 4) is 0 Å². The summed E-state index contributed by atoms with van der Waals surface area (Å²) >= 11 is 0. The maximum Gasteiger partial charge on any atom is 0.295 e. The van der Waals surface area contributed by atoms with E-state index >= 15 is 0 Å². The van der Waals surface area contributed by atoms with Crippen molar-refractivity contribution in [2.45, 2.75) is 58.9 Å². The van der Waals surface area contributed by atoms with Crippen LogP contribution in [0, 0.1) is 0 Å². The number of nitrogens with zero attached hydrogens (tertiary/aromatic N) is 2. The van der Waals surface area contributed by atoms with Gasteiger partial charge in [0.2, 0.25) is 0 Å². The second-order valence-corrected chi connectivity index (χ2v) is 8.52. The van der Waals surface area contributed by atoms with Gasteiger partial charge in [0.15, 0.2) is 17.4 Å². The number of benzene rings is 1. The smallest absolute Gasteiger partial charge is 0.295 e. The fourth-order valence-electron chi connectivity index (χ4n) is 3.31. The Balaban J connectivity index is 2.11. The Morgan fingerprint density at radius 3 is 2.29 bits per heavy atom. The van der Waals surface area contributed by atoms with Crippen molar-refractivity contribution in [2.75, 3.05) is 4.90 Å². The predicted molar refractivity (Wildman–Crippen MR) is 106 cm³/mol. The monoisotopic (exact) mass is 382 g/mol. The molecular weight excluding hydrogens is 356 g/mol. The minimum Gasteiger partial charge on any atom is -0.503 e. The highest BCUT2D eigenvalue weighted by Gasteiger charge is 2.44. The molecule has 1 N–H and O–H groups in total. The number of hydrogen-bond acceptors (Lipinski definition) is 5. The SMILES string of the molecule is CC(=O)C1=C(O)C(=O)N(c2cc(C(C)(C)C)on2)C1c1ccc(C(C)C)cc1. The third-order valence-corrected chi connectivity index (χ3v) is 4.99. The number of aliphatic hydroxyl groups excluding tert-OH is 1. The molecule has 1 unspecified atom stereocenters. The Hall–Kier alpha value is -2.89. The first-order valence-electron chi connectivity index (χ1n) is 9.37. The summed E-state index contributed by atoms with van der Waals surface area (Å²) in [6.07, 6.45) is 0. The number of rotatable bonds is 4. The Morgan fingerprint density at radius 1 is 1.21 bits per heavy atom. The topological polar surface area (TPSA) is 83.6 Å². The van der Waals surface area contributed by atoms with Crippen LogP contribution in [-0.2, 0) is 15.0 Å². The normalized spacial score (nSPS) is 17.8. The number of amides is 1. The largest absolute Gasteiger partial charge is 0.503 e. The number of Topliss-reactive ketones (excluding diaryl/α,β-unsaturated/α-hetero) is 1. The van der Waals surface area contributed by atoms with Crippen molar-refractivity contribution >= 4 is 17.5 Å². The number of ketones is 1. The zero-order chi connectivity index (χ0) is 20.8. The molecule has 0 fully saturated rings. The lowest BCUT2D eigenvalue weighted by molar-refractivity contribution is -0.117. The summed E-state index contributed by atoms with van der Waals surface area (Å²) in [5, 5.41) is 14.5. The highest BCUT2D eigenvalue weighted by molar-refractivity contribution is 6.15. The van der Waals surface area contributed by atoms with E-state index in [9.17, 15) is 14.7 Å². The minimum atomic E-state index is -0.746. The Bertz CT molecular complexity index is 946. The maximum absolute atomic E-state index is 12.8. The van der Waals surface area contributed by atoms with E-state index in [4.69, 9.17) is 4.52 Å². The molecule has 1 aliphatic rings. The van der Waals surface area contributed by atoms with Gasteiger partial charge in [0.1, 0.15) is 5.76 Å². The lowest BCUT2D eigenvalue weighted by atomic mass is 9.93. The van der Waals surface area contributed by atoms with Crippen LogP contribution in [0.2, 0.25) is 0 Å². The number of carbonyl (C=O) groups excluding carboxylic acids is 2. The standard InChI is InChI=1S/C22H26N2O4/c1-12(2)14-7-9-15(10-8-14)19-18(13(3)25)20(26)21(27)24(19)17-11-16(28-23-17)22(4,5)6/h7-12,19,26H,1-6H3. The highest BCUT2D eigenvalue weighted by Crippen LogP contribution is 2.41. The molecule has 0 bridgehead atoms. The van der Waals surface area contributed by atoms with Gasteiger partial charge < -0.3 is 9.63 Å². The van der Waals surface area contributed by atoms with Gasteiger partial charge in [-0.05, 0) is 24.0 Å². The summed E-state index contributed by atoms with van der Waals surface area (Å²) in [4.78, 5) is 26.4. The summed E-state index contributed by atoms with van der Waals surface area (Å²) in [6, 6.07) is 8.64. The highest BCUT2D eigenvalue weighted by atomic mass is 16.5. The summed E-state index contributed by atoms with van der Waals surface area (Å²) < 4.78 is 5.43. The number of hydrogen-bond donors (Lipinski definition) is 1. The molecule has 1 amide bonds. The van der Waals surface area contributed by atoms with Crippen molar-refractivity contribution in [1.29, 1.82) is 0 Å². The van der Waals surface area contributed by atoms with Crippen LogP contribution in [0.3, 0.4) is 0 Å². The van der Waals surface area contributed by atoms with Gasteiger partial charge in [-0.2, -0.15) is 0 Å². The molecule has 0 radical (unpaired) electrons. The van der Waals surface area contributed by atoms with E-state index in [1.807, 2.05) is 45.0 Å². The van der Waals surface area contributed by atoms with Gasteiger partial charge in [0, 0.05) is 11.5 Å². The summed E-state index contributed by atoms with van der Waals surface area (Å²) in [6.45, 7) is 11.5. The first kappa shape index (κ1) is 19.9. The zero-order valence-electron chi connectivity index (χ0n) is 17.1. The van der Waals surface area contributed by atoms with Crippen LogP contribution in [0.25, 0.3) is 0 Å². The van der Waals surface area contributed by atoms with Crippen molar-refractivity contribution < 1.29 is 19.2 Å². The average Bonchev–Trinajstić information content (AvgIpc) is 3.19. The average molecular weight is 382 g/mol. The molecular formula is C22H26N2O4. The Morgan fingerprint density at radius 2 is 1.82 bits per heavy atom. The van der Waals surface area contributed by atoms with Gasteiger partial charge in [-0.1, -0.05) is 64.0 Å². The van der Waals surface area contributed by atoms with Crippen LogP contribution in [0.1, 0.15) is 70.4 Å². The fraction of sp³-hybridized carbons (Fsp3) is 0.409. The molecule has 2 heterocycles. The molecule has 0 spiro atoms. The number of carbonyl (C=O) groups is 2. The zero-order valence-corrected chi connectivity index (χ0v) is 17.1. The van der Waals surface area contributed by atoms with Crippen LogP contribution in [0.15, 0.2) is 46.2 Å². The third-order valence-electron chi connectivity index (χ3n) is 4.99. The lowest BCUT2D eigenvalue weighted by Crippen LogP contribution is -2.31. The summed E-state index contributed by atoms with van der Waals surface area (Å²) in [7, 11) is 0. The van der Waals surface area contributed by atoms with Crippen LogP contribution < -0.4 is 4.90 Å². The number of anilines is 1. The summed E-state index contributed by atoms with van der Waals surface area (Å²) in [5.41, 5.74) is 1.66. The van der Waals surface area contributed by atoms with E-state index in [1.165, 1.54) is 11.8 Å². The molecule has 0 saturated heterocycles. The minimum absolute atomic E-state index is 0.0719. The molecule has 2 aromatic rings. The molecule has 1 aliphatic heterocycles. The Kier molecular flexibility index (Phi) is 4.91. The molecule has 148 valence electrons. The number of aromatic nitrogens is 1. The van der Waals surface area contributed by atoms with Crippen LogP contribution in [0.5, 0.6) is 0 Å². The molecule has 28 heavy (non-hydrogen) atoms. The lowest BCUT2D eigenvalue weighted by Gasteiger charge is -2.24. The van der Waals surface area contributed by atoms with E-state index in [1.54, 1.807) is 6.07 Å². The molecule has 1 aromatic heterocycles. The molecule has 0 aliphatic carbocycles. The quantitative estimate of drug-likeness (QED) is 0.836. The van der Waals surface area contributed by atoms with Crippen LogP contribution >= 0.6 is 0 Å². The predicted octanol–water partition coefficient (Wildman–Crippen LogP) is 4.58. The van der Waals surface area contributed by atoms with E-state index in [-0.39, 0.29) is 22.6 Å². The van der Waals surface area contributed by atoms with Gasteiger partial charge in [-0.3, -0.25) is 14.5 Å². The molecule has 1 atom stereocenters. The molecule has 6 nitrogen and oxygen atoms in total. The van der Waals surface area contributed by atoms with Gasteiger partial charge in [0.05, 0.1) is 11.6 Å². The second-order valence-electron chi connectivity index (χ2n) is 8.52. The maximum atomic E-state index is 12.8. The van der Waals surface area contributed by atoms with Gasteiger partial charge in [0.25, 0.3) is 5.91 Å². The second kappa shape index (κ2) is 6.93. The van der Waals surface area contributed by atoms with Crippen LogP contribution in [-0.4, -0.2) is 22.0 Å². The van der Waals surface area contributed by atoms with Crippen molar-refractivity contribution in [3.05, 3.63) is 58.6 Å². The van der Waals surface area contributed by atoms with Gasteiger partial charge in [-0.25, -0.2) is 0 Å². The van der Waals surface area contributed by atoms with Gasteiger partial charge in [-0.15, -0.1) is 0 Å². The van der Waals surface area contributed by atoms with E-state index in [2.05, 4.69) is 19.0 Å². The van der Waals surface area contributed by atoms with Crippen molar-refractivity contribution in [3.63, 3.8) is 0 Å². The fourth-order valence-corrected chi connectivity index (χ4v) is 3.31. The number of aliphatic hydroxyl groups is 1. The Labute approximate surface area is 164 Å². The third kappa shape index (κ3) is 3.35.